The van der Waals surface area contributed by atoms with Crippen molar-refractivity contribution in [2.24, 2.45) is 0 Å². The molecule has 0 aliphatic carbocycles. The summed E-state index contributed by atoms with van der Waals surface area (Å²) in [5.41, 5.74) is 0. The van der Waals surface area contributed by atoms with E-state index in [1.807, 2.05) is 0 Å². The zero-order chi connectivity index (χ0) is 11.8. The molecule has 0 fully saturated rings. The first-order valence-corrected chi connectivity index (χ1v) is 6.84. The lowest BCUT2D eigenvalue weighted by molar-refractivity contribution is 2.36. The Morgan fingerprint density at radius 3 is 1.33 bits per heavy atom. The van der Waals surface area contributed by atoms with Crippen molar-refractivity contribution < 1.29 is 0 Å². The van der Waals surface area contributed by atoms with Gasteiger partial charge in [0, 0.05) is 0 Å². The number of rotatable bonds is 4. The zero-order valence-corrected chi connectivity index (χ0v) is 13.1. The van der Waals surface area contributed by atoms with Crippen molar-refractivity contribution in [3.63, 3.8) is 0 Å². The fraction of sp³-hybridized carbons (Fsp3) is 0. The summed E-state index contributed by atoms with van der Waals surface area (Å²) in [6, 6.07) is 0. The molecule has 0 saturated heterocycles. The Kier molecular flexibility index (Phi) is 9.51. The molecule has 0 spiro atoms. The summed E-state index contributed by atoms with van der Waals surface area (Å²) in [6.07, 6.45) is 6.66. The smallest absolute Gasteiger partial charge is 0.0762 e. The standard InChI is InChI=1S/C8H6S7/c9-5(10)1-3-7(13)15-8(14)4-2-6(11)12/h1-4H,(H,9,10)(H,11,12). The van der Waals surface area contributed by atoms with E-state index >= 15 is 0 Å². The molecule has 7 heteroatoms. The van der Waals surface area contributed by atoms with E-state index < -0.39 is 0 Å². The molecule has 80 valence electrons. The molecule has 0 aromatic carbocycles. The number of thiol groups is 2. The summed E-state index contributed by atoms with van der Waals surface area (Å²) >= 11 is 28.7. The largest absolute Gasteiger partial charge is 0.132 e. The molecule has 0 N–H and O–H groups in total. The van der Waals surface area contributed by atoms with Gasteiger partial charge in [0.15, 0.2) is 0 Å². The molecule has 0 radical (unpaired) electrons. The summed E-state index contributed by atoms with van der Waals surface area (Å²) in [6.45, 7) is 0. The quantitative estimate of drug-likeness (QED) is 0.454. The van der Waals surface area contributed by atoms with E-state index in [1.54, 1.807) is 24.3 Å². The van der Waals surface area contributed by atoms with Crippen LogP contribution in [-0.2, 0) is 0 Å². The molecule has 0 aromatic heterocycles. The van der Waals surface area contributed by atoms with Crippen LogP contribution in [0.15, 0.2) is 24.3 Å². The first-order valence-electron chi connectivity index (χ1n) is 3.49. The molecule has 0 rings (SSSR count). The van der Waals surface area contributed by atoms with Crippen molar-refractivity contribution in [1.82, 2.24) is 0 Å². The second-order valence-electron chi connectivity index (χ2n) is 2.08. The van der Waals surface area contributed by atoms with Crippen molar-refractivity contribution in [2.75, 3.05) is 0 Å². The van der Waals surface area contributed by atoms with Gasteiger partial charge in [0.2, 0.25) is 0 Å². The molecule has 0 nitrogen and oxygen atoms in total. The summed E-state index contributed by atoms with van der Waals surface area (Å²) in [5.74, 6) is 0. The third-order valence-electron chi connectivity index (χ3n) is 0.925. The van der Waals surface area contributed by atoms with Gasteiger partial charge < -0.3 is 0 Å². The summed E-state index contributed by atoms with van der Waals surface area (Å²) < 4.78 is 2.23. The lowest BCUT2D eigenvalue weighted by atomic mass is 10.6. The molecule has 15 heavy (non-hydrogen) atoms. The SMILES string of the molecule is S=C(S)C=CC(=S)SC(=S)C=CC(=S)S. The number of thioether (sulfide) groups is 1. The van der Waals surface area contributed by atoms with E-state index in [0.717, 1.165) is 0 Å². The average Bonchev–Trinajstić information content (AvgIpc) is 2.11. The van der Waals surface area contributed by atoms with Crippen molar-refractivity contribution in [3.05, 3.63) is 24.3 Å². The van der Waals surface area contributed by atoms with Gasteiger partial charge in [0.25, 0.3) is 0 Å². The van der Waals surface area contributed by atoms with Gasteiger partial charge in [-0.2, -0.15) is 0 Å². The molecule has 0 amide bonds. The highest BCUT2D eigenvalue weighted by atomic mass is 32.2. The predicted octanol–water partition coefficient (Wildman–Crippen LogP) is 4.00. The second kappa shape index (κ2) is 8.98. The van der Waals surface area contributed by atoms with Gasteiger partial charge in [-0.05, 0) is 24.3 Å². The first kappa shape index (κ1) is 15.9. The third-order valence-corrected chi connectivity index (χ3v) is 2.94. The Balaban J connectivity index is 4.14. The molecule has 0 saturated carbocycles. The molecular formula is C8H6S7. The maximum absolute atomic E-state index is 5.04. The third kappa shape index (κ3) is 11.2. The van der Waals surface area contributed by atoms with Crippen LogP contribution in [0.25, 0.3) is 0 Å². The van der Waals surface area contributed by atoms with Gasteiger partial charge in [-0.1, -0.05) is 60.6 Å². The molecular weight excluding hydrogens is 321 g/mol. The van der Waals surface area contributed by atoms with Gasteiger partial charge in [0.05, 0.1) is 16.8 Å². The van der Waals surface area contributed by atoms with Crippen LogP contribution >= 0.6 is 85.9 Å². The fourth-order valence-corrected chi connectivity index (χ4v) is 2.03. The van der Waals surface area contributed by atoms with Crippen LogP contribution in [0, 0.1) is 0 Å². The topological polar surface area (TPSA) is 0 Å². The van der Waals surface area contributed by atoms with E-state index in [4.69, 9.17) is 48.9 Å². The predicted molar refractivity (Wildman–Crippen MR) is 94.2 cm³/mol. The van der Waals surface area contributed by atoms with E-state index in [1.165, 1.54) is 11.8 Å². The summed E-state index contributed by atoms with van der Waals surface area (Å²) in [5, 5.41) is 0. The lowest BCUT2D eigenvalue weighted by Gasteiger charge is -1.95. The van der Waals surface area contributed by atoms with Gasteiger partial charge in [-0.15, -0.1) is 25.3 Å². The van der Waals surface area contributed by atoms with Crippen molar-refractivity contribution in [2.45, 2.75) is 0 Å². The van der Waals surface area contributed by atoms with Crippen molar-refractivity contribution in [1.29, 1.82) is 0 Å². The van der Waals surface area contributed by atoms with Crippen molar-refractivity contribution in [3.8, 4) is 0 Å². The molecule has 0 bridgehead atoms. The van der Waals surface area contributed by atoms with Crippen LogP contribution in [0.2, 0.25) is 0 Å². The van der Waals surface area contributed by atoms with Crippen LogP contribution in [0.5, 0.6) is 0 Å². The second-order valence-corrected chi connectivity index (χ2v) is 7.01. The normalized spacial score (nSPS) is 10.8. The van der Waals surface area contributed by atoms with E-state index in [0.29, 0.717) is 16.8 Å². The minimum Gasteiger partial charge on any atom is -0.132 e. The van der Waals surface area contributed by atoms with Gasteiger partial charge >= 0.3 is 0 Å². The minimum atomic E-state index is 0.482. The van der Waals surface area contributed by atoms with Crippen LogP contribution in [-0.4, -0.2) is 16.8 Å². The molecule has 0 aromatic rings. The highest BCUT2D eigenvalue weighted by Crippen LogP contribution is 2.11. The number of hydrogen-bond acceptors (Lipinski definition) is 5. The summed E-state index contributed by atoms with van der Waals surface area (Å²) in [4.78, 5) is 0. The maximum Gasteiger partial charge on any atom is 0.0762 e. The van der Waals surface area contributed by atoms with Crippen LogP contribution in [0.1, 0.15) is 0 Å². The Morgan fingerprint density at radius 1 is 0.733 bits per heavy atom. The Bertz CT molecular complexity index is 316. The van der Waals surface area contributed by atoms with Gasteiger partial charge in [-0.25, -0.2) is 0 Å². The van der Waals surface area contributed by atoms with E-state index in [9.17, 15) is 0 Å². The zero-order valence-electron chi connectivity index (χ0n) is 7.25. The van der Waals surface area contributed by atoms with Gasteiger partial charge in [-0.3, -0.25) is 0 Å². The highest BCUT2D eigenvalue weighted by Gasteiger charge is 1.96. The van der Waals surface area contributed by atoms with Crippen LogP contribution in [0.4, 0.5) is 0 Å². The Morgan fingerprint density at radius 2 is 1.07 bits per heavy atom. The minimum absolute atomic E-state index is 0.482. The van der Waals surface area contributed by atoms with Crippen LogP contribution in [0.3, 0.4) is 0 Å². The van der Waals surface area contributed by atoms with Crippen molar-refractivity contribution >= 4 is 103 Å². The molecule has 0 unspecified atom stereocenters. The molecule has 0 heterocycles. The maximum atomic E-state index is 5.04. The Labute approximate surface area is 126 Å². The molecule has 0 aliphatic rings. The Hall–Kier alpha value is 0.890. The van der Waals surface area contributed by atoms with Gasteiger partial charge in [0.1, 0.15) is 0 Å². The summed E-state index contributed by atoms with van der Waals surface area (Å²) in [7, 11) is 0. The van der Waals surface area contributed by atoms with E-state index in [2.05, 4.69) is 25.3 Å². The van der Waals surface area contributed by atoms with Crippen LogP contribution < -0.4 is 0 Å². The monoisotopic (exact) mass is 326 g/mol. The lowest BCUT2D eigenvalue weighted by Crippen LogP contribution is -1.89. The van der Waals surface area contributed by atoms with E-state index in [-0.39, 0.29) is 0 Å². The number of thiocarbonyl (C=S) groups is 4. The molecule has 0 aliphatic heterocycles. The molecule has 0 atom stereocenters. The average molecular weight is 327 g/mol. The fourth-order valence-electron chi connectivity index (χ4n) is 0.446. The highest BCUT2D eigenvalue weighted by molar-refractivity contribution is 8.38. The first-order chi connectivity index (χ1) is 6.91. The number of hydrogen-bond donors (Lipinski definition) is 2.